The van der Waals surface area contributed by atoms with Crippen LogP contribution in [0.25, 0.3) is 0 Å². The van der Waals surface area contributed by atoms with Gasteiger partial charge in [-0.25, -0.2) is 4.79 Å². The first-order valence-electron chi connectivity index (χ1n) is 6.50. The fourth-order valence-corrected chi connectivity index (χ4v) is 3.71. The number of nitrogens with zero attached hydrogens (tertiary/aromatic N) is 1. The van der Waals surface area contributed by atoms with Gasteiger partial charge in [0.05, 0.1) is 16.8 Å². The summed E-state index contributed by atoms with van der Waals surface area (Å²) in [5.74, 6) is -1.30. The summed E-state index contributed by atoms with van der Waals surface area (Å²) in [5, 5.41) is 11.7. The fourth-order valence-electron chi connectivity index (χ4n) is 2.91. The summed E-state index contributed by atoms with van der Waals surface area (Å²) in [5.41, 5.74) is 0. The van der Waals surface area contributed by atoms with Crippen LogP contribution >= 0.6 is 11.3 Å². The molecule has 1 aromatic rings. The molecule has 2 fully saturated rings. The van der Waals surface area contributed by atoms with Gasteiger partial charge < -0.3 is 15.3 Å². The fraction of sp³-hybridized carbons (Fsp3) is 0.462. The molecule has 2 aliphatic rings. The quantitative estimate of drug-likeness (QED) is 0.844. The van der Waals surface area contributed by atoms with Crippen LogP contribution in [0.5, 0.6) is 0 Å². The van der Waals surface area contributed by atoms with Gasteiger partial charge in [0.1, 0.15) is 4.88 Å². The van der Waals surface area contributed by atoms with Gasteiger partial charge in [0.15, 0.2) is 0 Å². The molecule has 1 aromatic heterocycles. The van der Waals surface area contributed by atoms with E-state index in [1.165, 1.54) is 6.07 Å². The number of piperidine rings is 1. The van der Waals surface area contributed by atoms with E-state index >= 15 is 0 Å². The Labute approximate surface area is 119 Å². The summed E-state index contributed by atoms with van der Waals surface area (Å²) in [7, 11) is 0. The van der Waals surface area contributed by atoms with Crippen molar-refractivity contribution >= 4 is 29.1 Å². The molecule has 0 spiro atoms. The minimum absolute atomic E-state index is 0.0184. The zero-order chi connectivity index (χ0) is 14.3. The van der Waals surface area contributed by atoms with Crippen molar-refractivity contribution in [3.05, 3.63) is 21.9 Å². The molecular formula is C13H14N2O4S. The summed E-state index contributed by atoms with van der Waals surface area (Å²) in [6.07, 6.45) is 1.61. The third kappa shape index (κ3) is 2.07. The molecule has 2 saturated heterocycles. The molecule has 0 aromatic carbocycles. The number of carbonyl (C=O) groups excluding carboxylic acids is 2. The largest absolute Gasteiger partial charge is 0.477 e. The van der Waals surface area contributed by atoms with Crippen LogP contribution < -0.4 is 5.32 Å². The molecule has 2 N–H and O–H groups in total. The number of likely N-dealkylation sites (tertiary alicyclic amines) is 1. The first kappa shape index (κ1) is 13.1. The molecule has 2 aliphatic heterocycles. The Balaban J connectivity index is 1.82. The van der Waals surface area contributed by atoms with Crippen LogP contribution in [-0.2, 0) is 4.79 Å². The van der Waals surface area contributed by atoms with Crippen LogP contribution in [-0.4, -0.2) is 46.9 Å². The number of carboxylic acids is 1. The molecule has 2 atom stereocenters. The van der Waals surface area contributed by atoms with Gasteiger partial charge in [-0.2, -0.15) is 0 Å². The van der Waals surface area contributed by atoms with E-state index in [9.17, 15) is 14.4 Å². The number of carboxylic acid groups (broad SMARTS) is 1. The lowest BCUT2D eigenvalue weighted by Gasteiger charge is -2.35. The predicted molar refractivity (Wildman–Crippen MR) is 71.8 cm³/mol. The summed E-state index contributed by atoms with van der Waals surface area (Å²) >= 11 is 0.982. The zero-order valence-corrected chi connectivity index (χ0v) is 11.5. The Kier molecular flexibility index (Phi) is 3.21. The molecule has 0 saturated carbocycles. The molecule has 2 unspecified atom stereocenters. The number of amides is 2. The molecule has 0 bridgehead atoms. The van der Waals surface area contributed by atoms with E-state index in [4.69, 9.17) is 5.11 Å². The van der Waals surface area contributed by atoms with Crippen molar-refractivity contribution in [1.82, 2.24) is 10.2 Å². The molecule has 0 radical (unpaired) electrons. The maximum Gasteiger partial charge on any atom is 0.345 e. The molecule has 7 heteroatoms. The van der Waals surface area contributed by atoms with Crippen molar-refractivity contribution in [2.75, 3.05) is 13.1 Å². The van der Waals surface area contributed by atoms with Crippen LogP contribution in [0.2, 0.25) is 0 Å². The Bertz CT molecular complexity index is 583. The monoisotopic (exact) mass is 294 g/mol. The number of hydrogen-bond acceptors (Lipinski definition) is 4. The smallest absolute Gasteiger partial charge is 0.345 e. The predicted octanol–water partition coefficient (Wildman–Crippen LogP) is 0.797. The number of thiophene rings is 1. The molecule has 20 heavy (non-hydrogen) atoms. The second kappa shape index (κ2) is 4.90. The zero-order valence-electron chi connectivity index (χ0n) is 10.7. The maximum absolute atomic E-state index is 12.5. The van der Waals surface area contributed by atoms with Crippen LogP contribution in [0.4, 0.5) is 0 Å². The van der Waals surface area contributed by atoms with E-state index in [0.29, 0.717) is 18.0 Å². The number of rotatable bonds is 2. The van der Waals surface area contributed by atoms with Crippen LogP contribution in [0, 0.1) is 5.92 Å². The third-order valence-electron chi connectivity index (χ3n) is 3.89. The van der Waals surface area contributed by atoms with E-state index in [1.54, 1.807) is 11.0 Å². The molecule has 106 valence electrons. The van der Waals surface area contributed by atoms with Gasteiger partial charge in [-0.05, 0) is 25.0 Å². The van der Waals surface area contributed by atoms with Gasteiger partial charge >= 0.3 is 5.97 Å². The van der Waals surface area contributed by atoms with E-state index in [0.717, 1.165) is 24.2 Å². The average molecular weight is 294 g/mol. The summed E-state index contributed by atoms with van der Waals surface area (Å²) in [6, 6.07) is 2.89. The number of carbonyl (C=O) groups is 3. The van der Waals surface area contributed by atoms with Crippen molar-refractivity contribution in [2.45, 2.75) is 18.9 Å². The van der Waals surface area contributed by atoms with E-state index < -0.39 is 5.97 Å². The van der Waals surface area contributed by atoms with Gasteiger partial charge in [0, 0.05) is 13.1 Å². The Morgan fingerprint density at radius 3 is 2.80 bits per heavy atom. The summed E-state index contributed by atoms with van der Waals surface area (Å²) in [4.78, 5) is 37.3. The lowest BCUT2D eigenvalue weighted by atomic mass is 9.91. The SMILES string of the molecule is O=C(O)c1ccc(C(=O)N2CCCC3C(=O)NCC32)s1. The minimum Gasteiger partial charge on any atom is -0.477 e. The van der Waals surface area contributed by atoms with Crippen molar-refractivity contribution < 1.29 is 19.5 Å². The maximum atomic E-state index is 12.5. The van der Waals surface area contributed by atoms with Crippen molar-refractivity contribution in [3.63, 3.8) is 0 Å². The molecular weight excluding hydrogens is 280 g/mol. The number of fused-ring (bicyclic) bond motifs is 1. The highest BCUT2D eigenvalue weighted by Gasteiger charge is 2.42. The number of hydrogen-bond donors (Lipinski definition) is 2. The Morgan fingerprint density at radius 1 is 1.35 bits per heavy atom. The van der Waals surface area contributed by atoms with Crippen molar-refractivity contribution in [3.8, 4) is 0 Å². The average Bonchev–Trinajstić information content (AvgIpc) is 3.05. The Hall–Kier alpha value is -1.89. The highest BCUT2D eigenvalue weighted by Crippen LogP contribution is 2.29. The second-order valence-electron chi connectivity index (χ2n) is 5.03. The molecule has 0 aliphatic carbocycles. The normalized spacial score (nSPS) is 25.2. The van der Waals surface area contributed by atoms with Crippen LogP contribution in [0.15, 0.2) is 12.1 Å². The van der Waals surface area contributed by atoms with E-state index in [1.807, 2.05) is 0 Å². The topological polar surface area (TPSA) is 86.7 Å². The number of aromatic carboxylic acids is 1. The second-order valence-corrected chi connectivity index (χ2v) is 6.11. The highest BCUT2D eigenvalue weighted by atomic mass is 32.1. The Morgan fingerprint density at radius 2 is 2.10 bits per heavy atom. The van der Waals surface area contributed by atoms with Gasteiger partial charge in [0.25, 0.3) is 5.91 Å². The molecule has 6 nitrogen and oxygen atoms in total. The first-order chi connectivity index (χ1) is 9.58. The van der Waals surface area contributed by atoms with Crippen molar-refractivity contribution in [1.29, 1.82) is 0 Å². The van der Waals surface area contributed by atoms with Gasteiger partial charge in [-0.3, -0.25) is 9.59 Å². The highest BCUT2D eigenvalue weighted by molar-refractivity contribution is 7.15. The lowest BCUT2D eigenvalue weighted by Crippen LogP contribution is -2.48. The van der Waals surface area contributed by atoms with Crippen molar-refractivity contribution in [2.24, 2.45) is 5.92 Å². The van der Waals surface area contributed by atoms with Gasteiger partial charge in [0.2, 0.25) is 5.91 Å². The molecule has 3 heterocycles. The van der Waals surface area contributed by atoms with E-state index in [-0.39, 0.29) is 28.7 Å². The third-order valence-corrected chi connectivity index (χ3v) is 4.95. The molecule has 2 amide bonds. The first-order valence-corrected chi connectivity index (χ1v) is 7.31. The summed E-state index contributed by atoms with van der Waals surface area (Å²) in [6.45, 7) is 1.11. The number of nitrogens with one attached hydrogen (secondary N) is 1. The summed E-state index contributed by atoms with van der Waals surface area (Å²) < 4.78 is 0. The lowest BCUT2D eigenvalue weighted by molar-refractivity contribution is -0.123. The van der Waals surface area contributed by atoms with Gasteiger partial charge in [-0.15, -0.1) is 11.3 Å². The van der Waals surface area contributed by atoms with Crippen LogP contribution in [0.1, 0.15) is 32.2 Å². The molecule has 3 rings (SSSR count). The van der Waals surface area contributed by atoms with Crippen LogP contribution in [0.3, 0.4) is 0 Å². The standard InChI is InChI=1S/C13H14N2O4S/c16-11-7-2-1-5-15(8(7)6-14-11)12(17)9-3-4-10(20-9)13(18)19/h3-4,7-8H,1-2,5-6H2,(H,14,16)(H,18,19). The van der Waals surface area contributed by atoms with E-state index in [2.05, 4.69) is 5.32 Å². The van der Waals surface area contributed by atoms with Gasteiger partial charge in [-0.1, -0.05) is 0 Å². The minimum atomic E-state index is -1.02.